The maximum absolute atomic E-state index is 10.9. The summed E-state index contributed by atoms with van der Waals surface area (Å²) >= 11 is 0. The summed E-state index contributed by atoms with van der Waals surface area (Å²) in [4.78, 5) is 21.0. The minimum atomic E-state index is -1.14. The van der Waals surface area contributed by atoms with E-state index >= 15 is 0 Å². The van der Waals surface area contributed by atoms with Crippen molar-refractivity contribution < 1.29 is 19.4 Å². The van der Waals surface area contributed by atoms with Gasteiger partial charge in [-0.05, 0) is 6.42 Å². The second kappa shape index (κ2) is 6.39. The van der Waals surface area contributed by atoms with E-state index < -0.39 is 20.0 Å². The molecule has 0 amide bonds. The van der Waals surface area contributed by atoms with E-state index in [2.05, 4.69) is 19.6 Å². The van der Waals surface area contributed by atoms with Gasteiger partial charge < -0.3 is 9.84 Å². The summed E-state index contributed by atoms with van der Waals surface area (Å²) in [6, 6.07) is 1.10. The molecule has 0 radical (unpaired) electrons. The second-order valence-electron chi connectivity index (χ2n) is 4.50. The summed E-state index contributed by atoms with van der Waals surface area (Å²) in [5, 5.41) is 8.25. The topological polar surface area (TPSA) is 63.6 Å². The van der Waals surface area contributed by atoms with Crippen molar-refractivity contribution >= 4 is 20.0 Å². The predicted molar refractivity (Wildman–Crippen MR) is 60.5 cm³/mol. The lowest BCUT2D eigenvalue weighted by atomic mass is 10.5. The van der Waals surface area contributed by atoms with E-state index in [1.807, 2.05) is 0 Å². The van der Waals surface area contributed by atoms with Crippen molar-refractivity contribution in [3.05, 3.63) is 12.2 Å². The molecule has 0 atom stereocenters. The van der Waals surface area contributed by atoms with Gasteiger partial charge in [-0.1, -0.05) is 25.7 Å². The molecule has 4 nitrogen and oxygen atoms in total. The van der Waals surface area contributed by atoms with Crippen molar-refractivity contribution in [2.75, 3.05) is 6.61 Å². The van der Waals surface area contributed by atoms with Crippen LogP contribution in [0.2, 0.25) is 25.7 Å². The molecule has 0 bridgehead atoms. The van der Waals surface area contributed by atoms with Gasteiger partial charge in [0.2, 0.25) is 0 Å². The fraction of sp³-hybridized carbons (Fsp3) is 0.600. The zero-order valence-corrected chi connectivity index (χ0v) is 10.4. The first-order valence-electron chi connectivity index (χ1n) is 4.89. The van der Waals surface area contributed by atoms with Crippen LogP contribution in [0.1, 0.15) is 6.42 Å². The van der Waals surface area contributed by atoms with Gasteiger partial charge in [0.15, 0.2) is 0 Å². The highest BCUT2D eigenvalue weighted by atomic mass is 28.3. The Morgan fingerprint density at radius 3 is 2.33 bits per heavy atom. The van der Waals surface area contributed by atoms with Crippen LogP contribution in [0.4, 0.5) is 0 Å². The lowest BCUT2D eigenvalue weighted by Crippen LogP contribution is -2.20. The normalized spacial score (nSPS) is 11.7. The van der Waals surface area contributed by atoms with Crippen molar-refractivity contribution in [2.45, 2.75) is 32.1 Å². The molecule has 15 heavy (non-hydrogen) atoms. The number of carboxylic acid groups (broad SMARTS) is 1. The molecule has 0 fully saturated rings. The van der Waals surface area contributed by atoms with Gasteiger partial charge in [-0.2, -0.15) is 0 Å². The van der Waals surface area contributed by atoms with E-state index in [-0.39, 0.29) is 0 Å². The van der Waals surface area contributed by atoms with Gasteiger partial charge in [0.05, 0.1) is 6.61 Å². The third-order valence-electron chi connectivity index (χ3n) is 1.68. The average molecular weight is 230 g/mol. The Morgan fingerprint density at radius 2 is 1.87 bits per heavy atom. The van der Waals surface area contributed by atoms with Gasteiger partial charge in [0, 0.05) is 20.2 Å². The molecule has 0 saturated heterocycles. The highest BCUT2D eigenvalue weighted by Crippen LogP contribution is 2.10. The molecule has 0 saturated carbocycles. The van der Waals surface area contributed by atoms with Crippen LogP contribution in [-0.2, 0) is 14.3 Å². The first kappa shape index (κ1) is 13.9. The highest BCUT2D eigenvalue weighted by Gasteiger charge is 2.12. The molecule has 0 aliphatic carbocycles. The Hall–Kier alpha value is -1.10. The summed E-state index contributed by atoms with van der Waals surface area (Å²) in [7, 11) is -1.07. The Kier molecular flexibility index (Phi) is 5.92. The summed E-state index contributed by atoms with van der Waals surface area (Å²) in [6.07, 6.45) is 2.56. The van der Waals surface area contributed by atoms with Crippen LogP contribution in [0.5, 0.6) is 0 Å². The molecule has 0 heterocycles. The minimum Gasteiger partial charge on any atom is -0.478 e. The fourth-order valence-electron chi connectivity index (χ4n) is 0.963. The van der Waals surface area contributed by atoms with E-state index in [9.17, 15) is 9.59 Å². The van der Waals surface area contributed by atoms with Crippen LogP contribution < -0.4 is 0 Å². The first-order valence-corrected chi connectivity index (χ1v) is 8.60. The molecule has 0 spiro atoms. The molecule has 86 valence electrons. The van der Waals surface area contributed by atoms with Crippen LogP contribution in [0.25, 0.3) is 0 Å². The maximum atomic E-state index is 10.9. The van der Waals surface area contributed by atoms with Crippen LogP contribution in [0, 0.1) is 0 Å². The highest BCUT2D eigenvalue weighted by molar-refractivity contribution is 6.76. The molecular formula is C10H18O4Si. The molecule has 0 aromatic carbocycles. The molecule has 0 unspecified atom stereocenters. The number of aliphatic carboxylic acids is 1. The van der Waals surface area contributed by atoms with E-state index in [4.69, 9.17) is 9.84 Å². The van der Waals surface area contributed by atoms with Crippen LogP contribution in [0.3, 0.4) is 0 Å². The first-order chi connectivity index (χ1) is 6.81. The molecular weight excluding hydrogens is 212 g/mol. The Balaban J connectivity index is 3.61. The Morgan fingerprint density at radius 1 is 1.27 bits per heavy atom. The summed E-state index contributed by atoms with van der Waals surface area (Å²) < 4.78 is 4.82. The van der Waals surface area contributed by atoms with Crippen molar-refractivity contribution in [3.8, 4) is 0 Å². The molecule has 1 N–H and O–H groups in total. The van der Waals surface area contributed by atoms with E-state index in [1.54, 1.807) is 0 Å². The fourth-order valence-corrected chi connectivity index (χ4v) is 2.17. The number of rotatable bonds is 6. The number of hydrogen-bond donors (Lipinski definition) is 1. The number of hydrogen-bond acceptors (Lipinski definition) is 3. The lowest BCUT2D eigenvalue weighted by molar-refractivity contribution is -0.138. The molecule has 0 rings (SSSR count). The van der Waals surface area contributed by atoms with E-state index in [0.717, 1.165) is 24.6 Å². The molecule has 5 heteroatoms. The molecule has 0 aromatic heterocycles. The monoisotopic (exact) mass is 230 g/mol. The van der Waals surface area contributed by atoms with Crippen molar-refractivity contribution in [1.29, 1.82) is 0 Å². The van der Waals surface area contributed by atoms with Crippen molar-refractivity contribution in [2.24, 2.45) is 0 Å². The third-order valence-corrected chi connectivity index (χ3v) is 3.53. The summed E-state index contributed by atoms with van der Waals surface area (Å²) in [5.41, 5.74) is 0. The lowest BCUT2D eigenvalue weighted by Gasteiger charge is -2.14. The maximum Gasteiger partial charge on any atom is 0.331 e. The van der Waals surface area contributed by atoms with Crippen LogP contribution in [0.15, 0.2) is 12.2 Å². The van der Waals surface area contributed by atoms with Crippen LogP contribution >= 0.6 is 0 Å². The molecule has 0 aliphatic rings. The number of carbonyl (C=O) groups is 2. The summed E-state index contributed by atoms with van der Waals surface area (Å²) in [5.74, 6) is -1.73. The summed E-state index contributed by atoms with van der Waals surface area (Å²) in [6.45, 7) is 7.12. The molecule has 0 aromatic rings. The van der Waals surface area contributed by atoms with Gasteiger partial charge in [-0.15, -0.1) is 0 Å². The van der Waals surface area contributed by atoms with Gasteiger partial charge >= 0.3 is 11.9 Å². The number of carboxylic acids is 1. The number of ether oxygens (including phenoxy) is 1. The zero-order valence-electron chi connectivity index (χ0n) is 9.45. The van der Waals surface area contributed by atoms with E-state index in [0.29, 0.717) is 6.61 Å². The van der Waals surface area contributed by atoms with Gasteiger partial charge in [-0.3, -0.25) is 0 Å². The van der Waals surface area contributed by atoms with E-state index in [1.165, 1.54) is 0 Å². The van der Waals surface area contributed by atoms with Crippen molar-refractivity contribution in [1.82, 2.24) is 0 Å². The second-order valence-corrected chi connectivity index (χ2v) is 10.1. The average Bonchev–Trinajstić information content (AvgIpc) is 2.07. The Bertz CT molecular complexity index is 253. The minimum absolute atomic E-state index is 0.368. The van der Waals surface area contributed by atoms with Gasteiger partial charge in [-0.25, -0.2) is 9.59 Å². The zero-order chi connectivity index (χ0) is 11.9. The predicted octanol–water partition coefficient (Wildman–Crippen LogP) is 1.90. The van der Waals surface area contributed by atoms with Crippen LogP contribution in [-0.4, -0.2) is 31.7 Å². The largest absolute Gasteiger partial charge is 0.478 e. The smallest absolute Gasteiger partial charge is 0.331 e. The molecule has 0 aliphatic heterocycles. The van der Waals surface area contributed by atoms with Gasteiger partial charge in [0.1, 0.15) is 0 Å². The Labute approximate surface area is 90.9 Å². The quantitative estimate of drug-likeness (QED) is 0.327. The standard InChI is InChI=1S/C10H18O4Si/c1-15(2,3)8-4-7-14-10(13)6-5-9(11)12/h5-6H,4,7-8H2,1-3H3,(H,11,12)/b6-5-. The van der Waals surface area contributed by atoms with Crippen molar-refractivity contribution in [3.63, 3.8) is 0 Å². The number of esters is 1. The SMILES string of the molecule is C[Si](C)(C)CCCOC(=O)/C=C\C(=O)O. The van der Waals surface area contributed by atoms with Gasteiger partial charge in [0.25, 0.3) is 0 Å². The number of carbonyl (C=O) groups excluding carboxylic acids is 1. The third kappa shape index (κ3) is 10.8.